The molecule has 3 amide bonds. The van der Waals surface area contributed by atoms with E-state index < -0.39 is 0 Å². The van der Waals surface area contributed by atoms with Gasteiger partial charge in [-0.3, -0.25) is 19.7 Å². The summed E-state index contributed by atoms with van der Waals surface area (Å²) in [5, 5.41) is 11.2. The van der Waals surface area contributed by atoms with Crippen LogP contribution in [-0.2, 0) is 0 Å². The van der Waals surface area contributed by atoms with Crippen molar-refractivity contribution in [2.24, 2.45) is 0 Å². The van der Waals surface area contributed by atoms with E-state index in [1.165, 1.54) is 11.3 Å². The Balaban J connectivity index is 1.49. The lowest BCUT2D eigenvalue weighted by molar-refractivity contribution is 0.0932. The molecule has 3 aromatic rings. The van der Waals surface area contributed by atoms with Gasteiger partial charge >= 0.3 is 0 Å². The van der Waals surface area contributed by atoms with Crippen LogP contribution in [0.15, 0.2) is 23.6 Å². The standard InChI is InChI=1S/C21H24N6O3S/c1-11-9-23-20(30)17-16(11)13-8-12(4-5-14(13)24-17)18(28)26-21-25-15(10-31-21)19(29)22-6-7-27(2)3/h4-5,8,10-11,24H,6-7,9H2,1-3H3,(H,22,29)(H,23,30)(H,25,26,28)/t11-/m0/s1. The van der Waals surface area contributed by atoms with Crippen LogP contribution in [0.25, 0.3) is 10.9 Å². The first-order valence-corrected chi connectivity index (χ1v) is 10.8. The molecule has 1 atom stereocenters. The number of hydrogen-bond acceptors (Lipinski definition) is 6. The van der Waals surface area contributed by atoms with E-state index in [-0.39, 0.29) is 29.3 Å². The third-order valence-corrected chi connectivity index (χ3v) is 5.95. The molecule has 9 nitrogen and oxygen atoms in total. The summed E-state index contributed by atoms with van der Waals surface area (Å²) < 4.78 is 0. The fourth-order valence-corrected chi connectivity index (χ4v) is 4.26. The fraction of sp³-hybridized carbons (Fsp3) is 0.333. The van der Waals surface area contributed by atoms with Gasteiger partial charge in [-0.25, -0.2) is 4.98 Å². The van der Waals surface area contributed by atoms with Crippen molar-refractivity contribution >= 4 is 45.1 Å². The second-order valence-corrected chi connectivity index (χ2v) is 8.69. The number of fused-ring (bicyclic) bond motifs is 3. The van der Waals surface area contributed by atoms with Gasteiger partial charge in [-0.15, -0.1) is 11.3 Å². The third kappa shape index (κ3) is 4.30. The first-order valence-electron chi connectivity index (χ1n) is 9.97. The van der Waals surface area contributed by atoms with Crippen molar-refractivity contribution in [3.05, 3.63) is 46.1 Å². The second-order valence-electron chi connectivity index (χ2n) is 7.84. The van der Waals surface area contributed by atoms with Crippen LogP contribution in [0.2, 0.25) is 0 Å². The van der Waals surface area contributed by atoms with Gasteiger partial charge in [0.1, 0.15) is 11.4 Å². The zero-order chi connectivity index (χ0) is 22.1. The topological polar surface area (TPSA) is 119 Å². The lowest BCUT2D eigenvalue weighted by Crippen LogP contribution is -2.33. The van der Waals surface area contributed by atoms with Crippen molar-refractivity contribution in [2.45, 2.75) is 12.8 Å². The summed E-state index contributed by atoms with van der Waals surface area (Å²) in [6.45, 7) is 3.85. The Kier molecular flexibility index (Phi) is 5.75. The number of thiazole rings is 1. The number of amides is 3. The van der Waals surface area contributed by atoms with Crippen LogP contribution >= 0.6 is 11.3 Å². The number of H-pyrrole nitrogens is 1. The molecule has 1 aliphatic rings. The SMILES string of the molecule is C[C@H]1CNC(=O)c2[nH]c3ccc(C(=O)Nc4nc(C(=O)NCCN(C)C)cs4)cc3c21. The predicted molar refractivity (Wildman–Crippen MR) is 120 cm³/mol. The van der Waals surface area contributed by atoms with Crippen LogP contribution in [0.5, 0.6) is 0 Å². The molecule has 0 spiro atoms. The summed E-state index contributed by atoms with van der Waals surface area (Å²) in [6.07, 6.45) is 0. The first-order chi connectivity index (χ1) is 14.8. The maximum atomic E-state index is 12.8. The monoisotopic (exact) mass is 440 g/mol. The van der Waals surface area contributed by atoms with Crippen LogP contribution in [0.1, 0.15) is 49.7 Å². The molecule has 31 heavy (non-hydrogen) atoms. The van der Waals surface area contributed by atoms with E-state index in [9.17, 15) is 14.4 Å². The largest absolute Gasteiger partial charge is 0.350 e. The molecule has 10 heteroatoms. The summed E-state index contributed by atoms with van der Waals surface area (Å²) >= 11 is 1.20. The first kappa shape index (κ1) is 21.0. The average molecular weight is 441 g/mol. The number of benzene rings is 1. The van der Waals surface area contributed by atoms with Gasteiger partial charge in [-0.1, -0.05) is 6.92 Å². The minimum atomic E-state index is -0.321. The molecule has 3 heterocycles. The highest BCUT2D eigenvalue weighted by molar-refractivity contribution is 7.14. The molecule has 2 aromatic heterocycles. The Morgan fingerprint density at radius 3 is 2.87 bits per heavy atom. The van der Waals surface area contributed by atoms with Crippen molar-refractivity contribution in [1.29, 1.82) is 0 Å². The Morgan fingerprint density at radius 1 is 1.29 bits per heavy atom. The number of likely N-dealkylation sites (N-methyl/N-ethyl adjacent to an activating group) is 1. The number of nitrogens with zero attached hydrogens (tertiary/aromatic N) is 2. The number of carbonyl (C=O) groups excluding carboxylic acids is 3. The zero-order valence-corrected chi connectivity index (χ0v) is 18.4. The van der Waals surface area contributed by atoms with Gasteiger partial charge in [-0.2, -0.15) is 0 Å². The molecule has 0 radical (unpaired) electrons. The number of rotatable bonds is 6. The summed E-state index contributed by atoms with van der Waals surface area (Å²) in [5.41, 5.74) is 3.03. The van der Waals surface area contributed by atoms with Crippen molar-refractivity contribution in [3.63, 3.8) is 0 Å². The van der Waals surface area contributed by atoms with E-state index in [1.807, 2.05) is 25.9 Å². The Bertz CT molecular complexity index is 1170. The van der Waals surface area contributed by atoms with E-state index in [4.69, 9.17) is 0 Å². The van der Waals surface area contributed by atoms with Gasteiger partial charge in [0.05, 0.1) is 0 Å². The maximum absolute atomic E-state index is 12.8. The smallest absolute Gasteiger partial charge is 0.270 e. The number of nitrogens with one attached hydrogen (secondary N) is 4. The number of aromatic nitrogens is 2. The predicted octanol–water partition coefficient (Wildman–Crippen LogP) is 2.02. The summed E-state index contributed by atoms with van der Waals surface area (Å²) in [7, 11) is 3.86. The summed E-state index contributed by atoms with van der Waals surface area (Å²) in [4.78, 5) is 46.4. The minimum Gasteiger partial charge on any atom is -0.350 e. The highest BCUT2D eigenvalue weighted by atomic mass is 32.1. The molecule has 0 saturated carbocycles. The van der Waals surface area contributed by atoms with Gasteiger partial charge in [0.25, 0.3) is 17.7 Å². The van der Waals surface area contributed by atoms with E-state index in [2.05, 4.69) is 25.9 Å². The van der Waals surface area contributed by atoms with E-state index in [0.29, 0.717) is 29.5 Å². The number of hydrogen-bond donors (Lipinski definition) is 4. The summed E-state index contributed by atoms with van der Waals surface area (Å²) in [5.74, 6) is -0.577. The Labute approximate surface area is 183 Å². The van der Waals surface area contributed by atoms with Gasteiger partial charge in [-0.05, 0) is 37.9 Å². The lowest BCUT2D eigenvalue weighted by atomic mass is 9.93. The third-order valence-electron chi connectivity index (χ3n) is 5.19. The van der Waals surface area contributed by atoms with E-state index >= 15 is 0 Å². The minimum absolute atomic E-state index is 0.130. The second kappa shape index (κ2) is 8.48. The molecule has 1 aliphatic heterocycles. The molecule has 0 aliphatic carbocycles. The van der Waals surface area contributed by atoms with Crippen LogP contribution in [-0.4, -0.2) is 66.3 Å². The van der Waals surface area contributed by atoms with Crippen LogP contribution < -0.4 is 16.0 Å². The average Bonchev–Trinajstić information content (AvgIpc) is 3.35. The van der Waals surface area contributed by atoms with E-state index in [0.717, 1.165) is 23.0 Å². The number of carbonyl (C=O) groups is 3. The van der Waals surface area contributed by atoms with Crippen LogP contribution in [0, 0.1) is 0 Å². The number of anilines is 1. The van der Waals surface area contributed by atoms with Crippen molar-refractivity contribution in [2.75, 3.05) is 39.0 Å². The normalized spacial score (nSPS) is 15.6. The van der Waals surface area contributed by atoms with Gasteiger partial charge in [0, 0.05) is 47.4 Å². The zero-order valence-electron chi connectivity index (χ0n) is 17.5. The van der Waals surface area contributed by atoms with Crippen LogP contribution in [0.4, 0.5) is 5.13 Å². The lowest BCUT2D eigenvalue weighted by Gasteiger charge is -2.19. The molecular weight excluding hydrogens is 416 g/mol. The van der Waals surface area contributed by atoms with Crippen molar-refractivity contribution in [1.82, 2.24) is 25.5 Å². The molecular formula is C21H24N6O3S. The fourth-order valence-electron chi connectivity index (χ4n) is 3.57. The van der Waals surface area contributed by atoms with Crippen molar-refractivity contribution in [3.8, 4) is 0 Å². The van der Waals surface area contributed by atoms with Gasteiger partial charge in [0.2, 0.25) is 0 Å². The molecule has 0 bridgehead atoms. The van der Waals surface area contributed by atoms with Crippen molar-refractivity contribution < 1.29 is 14.4 Å². The molecule has 4 rings (SSSR count). The number of aromatic amines is 1. The quantitative estimate of drug-likeness (QED) is 0.468. The molecule has 4 N–H and O–H groups in total. The van der Waals surface area contributed by atoms with Gasteiger partial charge < -0.3 is 20.5 Å². The Hall–Kier alpha value is -3.24. The Morgan fingerprint density at radius 2 is 2.10 bits per heavy atom. The highest BCUT2D eigenvalue weighted by Gasteiger charge is 2.27. The molecule has 0 saturated heterocycles. The maximum Gasteiger partial charge on any atom is 0.270 e. The molecule has 1 aromatic carbocycles. The molecule has 0 unspecified atom stereocenters. The summed E-state index contributed by atoms with van der Waals surface area (Å²) in [6, 6.07) is 5.29. The van der Waals surface area contributed by atoms with Gasteiger partial charge in [0.15, 0.2) is 5.13 Å². The van der Waals surface area contributed by atoms with Crippen LogP contribution in [0.3, 0.4) is 0 Å². The van der Waals surface area contributed by atoms with E-state index in [1.54, 1.807) is 23.6 Å². The highest BCUT2D eigenvalue weighted by Crippen LogP contribution is 2.32. The molecule has 0 fully saturated rings. The molecule has 162 valence electrons.